The summed E-state index contributed by atoms with van der Waals surface area (Å²) in [5, 5.41) is 12.3. The average molecular weight is 404 g/mol. The molecule has 3 aliphatic rings. The van der Waals surface area contributed by atoms with Gasteiger partial charge in [0.05, 0.1) is 13.2 Å². The van der Waals surface area contributed by atoms with Crippen molar-refractivity contribution in [1.29, 1.82) is 0 Å². The van der Waals surface area contributed by atoms with Crippen molar-refractivity contribution in [2.45, 2.75) is 58.0 Å². The minimum absolute atomic E-state index is 0.557. The molecule has 8 nitrogen and oxygen atoms in total. The number of aryl methyl sites for hydroxylation is 1. The van der Waals surface area contributed by atoms with Crippen molar-refractivity contribution in [3.63, 3.8) is 0 Å². The van der Waals surface area contributed by atoms with Gasteiger partial charge in [-0.2, -0.15) is 0 Å². The molecule has 3 fully saturated rings. The van der Waals surface area contributed by atoms with E-state index in [2.05, 4.69) is 25.3 Å². The number of likely N-dealkylation sites (tertiary alicyclic amines) is 1. The van der Waals surface area contributed by atoms with Gasteiger partial charge in [0.25, 0.3) is 0 Å². The summed E-state index contributed by atoms with van der Waals surface area (Å²) in [5.41, 5.74) is 0. The summed E-state index contributed by atoms with van der Waals surface area (Å²) in [4.78, 5) is 10.0. The molecule has 4 rings (SSSR count). The van der Waals surface area contributed by atoms with Gasteiger partial charge in [-0.25, -0.2) is 4.99 Å². The molecule has 1 aromatic heterocycles. The highest BCUT2D eigenvalue weighted by atomic mass is 16.5. The first-order chi connectivity index (χ1) is 14.2. The van der Waals surface area contributed by atoms with Crippen molar-refractivity contribution in [3.8, 4) is 0 Å². The molecule has 0 radical (unpaired) electrons. The Hall–Kier alpha value is -1.67. The van der Waals surface area contributed by atoms with Crippen molar-refractivity contribution in [2.75, 3.05) is 45.9 Å². The van der Waals surface area contributed by atoms with E-state index in [0.29, 0.717) is 18.5 Å². The fourth-order valence-electron chi connectivity index (χ4n) is 4.72. The van der Waals surface area contributed by atoms with Crippen molar-refractivity contribution in [2.24, 2.45) is 18.0 Å². The fraction of sp³-hybridized carbons (Fsp3) is 0.857. The van der Waals surface area contributed by atoms with Gasteiger partial charge < -0.3 is 19.5 Å². The van der Waals surface area contributed by atoms with E-state index in [1.807, 2.05) is 18.5 Å². The summed E-state index contributed by atoms with van der Waals surface area (Å²) in [7, 11) is 2.02. The third-order valence-corrected chi connectivity index (χ3v) is 6.70. The summed E-state index contributed by atoms with van der Waals surface area (Å²) in [6, 6.07) is 0.557. The lowest BCUT2D eigenvalue weighted by atomic mass is 9.96. The number of hydrogen-bond acceptors (Lipinski definition) is 5. The molecule has 2 aliphatic heterocycles. The number of aromatic nitrogens is 3. The van der Waals surface area contributed by atoms with Gasteiger partial charge in [0.2, 0.25) is 0 Å². The Morgan fingerprint density at radius 3 is 2.62 bits per heavy atom. The standard InChI is InChI=1S/C21H37N7O/c1-17-24-25-20(26(17)2)14-22-21(23-19-6-4-3-5-7-19)28-9-8-18(16-28)15-27-10-12-29-13-11-27/h18-19H,3-16H2,1-2H3,(H,22,23). The Morgan fingerprint density at radius 1 is 1.10 bits per heavy atom. The van der Waals surface area contributed by atoms with E-state index in [4.69, 9.17) is 9.73 Å². The fourth-order valence-corrected chi connectivity index (χ4v) is 4.72. The number of morpholine rings is 1. The van der Waals surface area contributed by atoms with Crippen LogP contribution in [-0.2, 0) is 18.3 Å². The first kappa shape index (κ1) is 20.6. The molecule has 0 amide bonds. The van der Waals surface area contributed by atoms with Crippen LogP contribution in [0.3, 0.4) is 0 Å². The zero-order valence-electron chi connectivity index (χ0n) is 18.1. The lowest BCUT2D eigenvalue weighted by Crippen LogP contribution is -2.46. The van der Waals surface area contributed by atoms with Gasteiger partial charge in [-0.3, -0.25) is 4.90 Å². The predicted molar refractivity (Wildman–Crippen MR) is 114 cm³/mol. The molecule has 0 spiro atoms. The molecule has 29 heavy (non-hydrogen) atoms. The smallest absolute Gasteiger partial charge is 0.194 e. The highest BCUT2D eigenvalue weighted by molar-refractivity contribution is 5.80. The Kier molecular flexibility index (Phi) is 7.02. The summed E-state index contributed by atoms with van der Waals surface area (Å²) in [5.74, 6) is 3.64. The second-order valence-corrected chi connectivity index (χ2v) is 8.86. The third kappa shape index (κ3) is 5.48. The third-order valence-electron chi connectivity index (χ3n) is 6.70. The van der Waals surface area contributed by atoms with E-state index in [0.717, 1.165) is 57.0 Å². The van der Waals surface area contributed by atoms with Crippen molar-refractivity contribution in [3.05, 3.63) is 11.6 Å². The molecule has 0 aromatic carbocycles. The normalized spacial score (nSPS) is 25.0. The average Bonchev–Trinajstić information content (AvgIpc) is 3.34. The zero-order chi connectivity index (χ0) is 20.1. The van der Waals surface area contributed by atoms with E-state index in [-0.39, 0.29) is 0 Å². The molecule has 8 heteroatoms. The van der Waals surface area contributed by atoms with Gasteiger partial charge in [0, 0.05) is 45.8 Å². The number of hydrogen-bond donors (Lipinski definition) is 1. The Balaban J connectivity index is 1.40. The molecule has 1 aliphatic carbocycles. The highest BCUT2D eigenvalue weighted by Gasteiger charge is 2.28. The summed E-state index contributed by atoms with van der Waals surface area (Å²) in [6.07, 6.45) is 7.78. The predicted octanol–water partition coefficient (Wildman–Crippen LogP) is 1.56. The van der Waals surface area contributed by atoms with Crippen molar-refractivity contribution < 1.29 is 4.74 Å². The molecule has 1 N–H and O–H groups in total. The Bertz CT molecular complexity index is 677. The number of nitrogens with zero attached hydrogens (tertiary/aromatic N) is 6. The summed E-state index contributed by atoms with van der Waals surface area (Å²) < 4.78 is 7.53. The molecule has 162 valence electrons. The van der Waals surface area contributed by atoms with Crippen molar-refractivity contribution >= 4 is 5.96 Å². The first-order valence-corrected chi connectivity index (χ1v) is 11.4. The molecule has 1 atom stereocenters. The second kappa shape index (κ2) is 9.89. The maximum atomic E-state index is 5.50. The van der Waals surface area contributed by atoms with Crippen LogP contribution in [0.2, 0.25) is 0 Å². The van der Waals surface area contributed by atoms with Crippen LogP contribution in [0.1, 0.15) is 50.2 Å². The topological polar surface area (TPSA) is 70.8 Å². The van der Waals surface area contributed by atoms with Crippen LogP contribution in [0.25, 0.3) is 0 Å². The lowest BCUT2D eigenvalue weighted by molar-refractivity contribution is 0.0315. The molecule has 2 saturated heterocycles. The molecular formula is C21H37N7O. The largest absolute Gasteiger partial charge is 0.379 e. The number of rotatable bonds is 5. The SMILES string of the molecule is Cc1nnc(CN=C(NC2CCCCC2)N2CCC(CN3CCOCC3)C2)n1C. The van der Waals surface area contributed by atoms with Gasteiger partial charge in [-0.1, -0.05) is 19.3 Å². The molecule has 3 heterocycles. The lowest BCUT2D eigenvalue weighted by Gasteiger charge is -2.30. The van der Waals surface area contributed by atoms with E-state index < -0.39 is 0 Å². The Labute approximate surface area is 174 Å². The Morgan fingerprint density at radius 2 is 1.90 bits per heavy atom. The number of ether oxygens (including phenoxy) is 1. The van der Waals surface area contributed by atoms with Crippen molar-refractivity contribution in [1.82, 2.24) is 29.9 Å². The maximum Gasteiger partial charge on any atom is 0.194 e. The number of guanidine groups is 1. The van der Waals surface area contributed by atoms with E-state index in [1.54, 1.807) is 0 Å². The molecule has 1 aromatic rings. The van der Waals surface area contributed by atoms with E-state index in [1.165, 1.54) is 45.1 Å². The van der Waals surface area contributed by atoms with Crippen LogP contribution in [0, 0.1) is 12.8 Å². The number of nitrogens with one attached hydrogen (secondary N) is 1. The number of aliphatic imine (C=N–C) groups is 1. The van der Waals surface area contributed by atoms with Crippen LogP contribution in [-0.4, -0.2) is 82.5 Å². The molecule has 0 bridgehead atoms. The first-order valence-electron chi connectivity index (χ1n) is 11.4. The molecule has 1 saturated carbocycles. The zero-order valence-corrected chi connectivity index (χ0v) is 18.1. The van der Waals surface area contributed by atoms with Crippen LogP contribution in [0.5, 0.6) is 0 Å². The minimum Gasteiger partial charge on any atom is -0.379 e. The van der Waals surface area contributed by atoms with Gasteiger partial charge in [0.15, 0.2) is 11.8 Å². The van der Waals surface area contributed by atoms with Crippen LogP contribution >= 0.6 is 0 Å². The maximum absolute atomic E-state index is 5.50. The summed E-state index contributed by atoms with van der Waals surface area (Å²) in [6.45, 7) is 9.83. The quantitative estimate of drug-likeness (QED) is 0.594. The van der Waals surface area contributed by atoms with E-state index in [9.17, 15) is 0 Å². The van der Waals surface area contributed by atoms with Gasteiger partial charge in [0.1, 0.15) is 12.4 Å². The monoisotopic (exact) mass is 403 g/mol. The van der Waals surface area contributed by atoms with Gasteiger partial charge >= 0.3 is 0 Å². The minimum atomic E-state index is 0.557. The highest BCUT2D eigenvalue weighted by Crippen LogP contribution is 2.21. The summed E-state index contributed by atoms with van der Waals surface area (Å²) >= 11 is 0. The molecule has 1 unspecified atom stereocenters. The van der Waals surface area contributed by atoms with Crippen LogP contribution in [0.15, 0.2) is 4.99 Å². The van der Waals surface area contributed by atoms with Crippen LogP contribution in [0.4, 0.5) is 0 Å². The second-order valence-electron chi connectivity index (χ2n) is 8.86. The van der Waals surface area contributed by atoms with Crippen LogP contribution < -0.4 is 5.32 Å². The van der Waals surface area contributed by atoms with Gasteiger partial charge in [-0.15, -0.1) is 10.2 Å². The van der Waals surface area contributed by atoms with E-state index >= 15 is 0 Å². The molecular weight excluding hydrogens is 366 g/mol. The van der Waals surface area contributed by atoms with Gasteiger partial charge in [-0.05, 0) is 32.1 Å².